The Kier molecular flexibility index (Phi) is 5.78. The summed E-state index contributed by atoms with van der Waals surface area (Å²) in [7, 11) is 0. The molecule has 0 atom stereocenters. The molecular weight excluding hydrogens is 431 g/mol. The van der Waals surface area contributed by atoms with E-state index in [0.717, 1.165) is 23.0 Å². The summed E-state index contributed by atoms with van der Waals surface area (Å²) >= 11 is 0. The minimum absolute atomic E-state index is 0.0120. The number of hydrazone groups is 1. The van der Waals surface area contributed by atoms with Crippen molar-refractivity contribution in [2.45, 2.75) is 39.8 Å². The van der Waals surface area contributed by atoms with Gasteiger partial charge in [-0.1, -0.05) is 44.2 Å². The standard InChI is InChI=1S/C25H24F3N3O2/c1-15-21-19(31-30-16-9-5-4-6-10-16)13-24(2,3)14-20(21)33-22(15)23(32)29-18-12-8-7-11-17(18)25(26,27)28/h4-12,30H,13-14H2,1-3H3,(H,29,32)/b31-19-. The first kappa shape index (κ1) is 22.6. The normalized spacial score (nSPS) is 16.4. The average Bonchev–Trinajstić information content (AvgIpc) is 3.07. The van der Waals surface area contributed by atoms with Gasteiger partial charge in [-0.2, -0.15) is 18.3 Å². The molecule has 5 nitrogen and oxygen atoms in total. The number of fused-ring (bicyclic) bond motifs is 1. The highest BCUT2D eigenvalue weighted by Crippen LogP contribution is 2.40. The first-order valence-corrected chi connectivity index (χ1v) is 10.5. The van der Waals surface area contributed by atoms with Crippen molar-refractivity contribution < 1.29 is 22.4 Å². The van der Waals surface area contributed by atoms with E-state index in [1.807, 2.05) is 30.3 Å². The van der Waals surface area contributed by atoms with Crippen LogP contribution in [0, 0.1) is 12.3 Å². The number of nitrogens with one attached hydrogen (secondary N) is 2. The predicted octanol–water partition coefficient (Wildman–Crippen LogP) is 6.65. The fourth-order valence-corrected chi connectivity index (χ4v) is 4.09. The van der Waals surface area contributed by atoms with Crippen LogP contribution in [0.2, 0.25) is 0 Å². The molecule has 2 N–H and O–H groups in total. The second-order valence-corrected chi connectivity index (χ2v) is 8.91. The molecule has 1 aliphatic carbocycles. The number of anilines is 2. The van der Waals surface area contributed by atoms with Gasteiger partial charge >= 0.3 is 6.18 Å². The minimum atomic E-state index is -4.59. The summed E-state index contributed by atoms with van der Waals surface area (Å²) < 4.78 is 45.9. The van der Waals surface area contributed by atoms with E-state index in [0.29, 0.717) is 24.2 Å². The number of furan rings is 1. The molecule has 0 fully saturated rings. The summed E-state index contributed by atoms with van der Waals surface area (Å²) in [6.45, 7) is 5.87. The Morgan fingerprint density at radius 1 is 1.03 bits per heavy atom. The van der Waals surface area contributed by atoms with Gasteiger partial charge in [0.05, 0.1) is 22.6 Å². The zero-order valence-corrected chi connectivity index (χ0v) is 18.5. The largest absolute Gasteiger partial charge is 0.455 e. The Labute approximate surface area is 189 Å². The highest BCUT2D eigenvalue weighted by atomic mass is 19.4. The van der Waals surface area contributed by atoms with Crippen molar-refractivity contribution in [1.82, 2.24) is 0 Å². The fraction of sp³-hybridized carbons (Fsp3) is 0.280. The van der Waals surface area contributed by atoms with Crippen molar-refractivity contribution in [2.75, 3.05) is 10.7 Å². The van der Waals surface area contributed by atoms with Gasteiger partial charge in [0.2, 0.25) is 0 Å². The molecule has 0 bridgehead atoms. The number of para-hydroxylation sites is 2. The lowest BCUT2D eigenvalue weighted by Crippen LogP contribution is -2.27. The Hall–Kier alpha value is -3.55. The van der Waals surface area contributed by atoms with Gasteiger partial charge in [0, 0.05) is 17.5 Å². The lowest BCUT2D eigenvalue weighted by molar-refractivity contribution is -0.136. The molecule has 4 rings (SSSR count). The van der Waals surface area contributed by atoms with Crippen molar-refractivity contribution in [3.63, 3.8) is 0 Å². The molecule has 0 radical (unpaired) electrons. The SMILES string of the molecule is Cc1c(C(=O)Nc2ccccc2C(F)(F)F)oc2c1/C(=N\Nc1ccccc1)CC(C)(C)C2. The van der Waals surface area contributed by atoms with Crippen LogP contribution in [0.4, 0.5) is 24.5 Å². The quantitative estimate of drug-likeness (QED) is 0.433. The van der Waals surface area contributed by atoms with Gasteiger partial charge in [-0.25, -0.2) is 0 Å². The van der Waals surface area contributed by atoms with Crippen LogP contribution in [0.25, 0.3) is 0 Å². The van der Waals surface area contributed by atoms with Crippen molar-refractivity contribution in [3.05, 3.63) is 82.8 Å². The fourth-order valence-electron chi connectivity index (χ4n) is 4.09. The van der Waals surface area contributed by atoms with Gasteiger partial charge in [-0.05, 0) is 43.0 Å². The van der Waals surface area contributed by atoms with Crippen LogP contribution >= 0.6 is 0 Å². The van der Waals surface area contributed by atoms with E-state index in [-0.39, 0.29) is 16.9 Å². The van der Waals surface area contributed by atoms with Crippen LogP contribution in [-0.4, -0.2) is 11.6 Å². The monoisotopic (exact) mass is 455 g/mol. The number of carbonyl (C=O) groups excluding carboxylic acids is 1. The second-order valence-electron chi connectivity index (χ2n) is 8.91. The zero-order valence-electron chi connectivity index (χ0n) is 18.5. The van der Waals surface area contributed by atoms with E-state index in [1.54, 1.807) is 6.92 Å². The number of nitrogens with zero attached hydrogens (tertiary/aromatic N) is 1. The summed E-state index contributed by atoms with van der Waals surface area (Å²) in [6.07, 6.45) is -3.35. The van der Waals surface area contributed by atoms with Gasteiger partial charge in [-0.3, -0.25) is 10.2 Å². The summed E-state index contributed by atoms with van der Waals surface area (Å²) in [6, 6.07) is 14.3. The number of hydrogen-bond acceptors (Lipinski definition) is 4. The molecule has 33 heavy (non-hydrogen) atoms. The number of amides is 1. The average molecular weight is 455 g/mol. The van der Waals surface area contributed by atoms with E-state index >= 15 is 0 Å². The number of benzene rings is 2. The lowest BCUT2D eigenvalue weighted by Gasteiger charge is -2.29. The molecule has 0 unspecified atom stereocenters. The van der Waals surface area contributed by atoms with E-state index in [4.69, 9.17) is 4.42 Å². The van der Waals surface area contributed by atoms with Crippen LogP contribution in [-0.2, 0) is 12.6 Å². The molecule has 0 spiro atoms. The maximum absolute atomic E-state index is 13.3. The second kappa shape index (κ2) is 8.42. The van der Waals surface area contributed by atoms with Crippen LogP contribution in [0.15, 0.2) is 64.1 Å². The summed E-state index contributed by atoms with van der Waals surface area (Å²) in [5, 5.41) is 6.95. The van der Waals surface area contributed by atoms with Crippen LogP contribution in [0.5, 0.6) is 0 Å². The van der Waals surface area contributed by atoms with Gasteiger partial charge in [-0.15, -0.1) is 0 Å². The van der Waals surface area contributed by atoms with E-state index in [2.05, 4.69) is 29.7 Å². The highest BCUT2D eigenvalue weighted by molar-refractivity contribution is 6.09. The number of carbonyl (C=O) groups is 1. The number of halogens is 3. The molecule has 1 aliphatic rings. The molecular formula is C25H24F3N3O2. The molecule has 172 valence electrons. The zero-order chi connectivity index (χ0) is 23.8. The molecule has 2 aromatic carbocycles. The summed E-state index contributed by atoms with van der Waals surface area (Å²) in [5.41, 5.74) is 4.49. The molecule has 0 aliphatic heterocycles. The Balaban J connectivity index is 1.68. The third-order valence-electron chi connectivity index (χ3n) is 5.57. The first-order chi connectivity index (χ1) is 15.5. The van der Waals surface area contributed by atoms with Gasteiger partial charge < -0.3 is 9.73 Å². The van der Waals surface area contributed by atoms with Gasteiger partial charge in [0.1, 0.15) is 5.76 Å². The van der Waals surface area contributed by atoms with Crippen molar-refractivity contribution in [2.24, 2.45) is 10.5 Å². The first-order valence-electron chi connectivity index (χ1n) is 10.5. The van der Waals surface area contributed by atoms with Crippen LogP contribution in [0.1, 0.15) is 53.3 Å². The minimum Gasteiger partial charge on any atom is -0.455 e. The third kappa shape index (κ3) is 4.79. The maximum atomic E-state index is 13.3. The highest BCUT2D eigenvalue weighted by Gasteiger charge is 2.37. The van der Waals surface area contributed by atoms with E-state index in [1.165, 1.54) is 18.2 Å². The van der Waals surface area contributed by atoms with Crippen molar-refractivity contribution >= 4 is 23.0 Å². The molecule has 0 saturated heterocycles. The molecule has 3 aromatic rings. The molecule has 0 saturated carbocycles. The molecule has 1 heterocycles. The van der Waals surface area contributed by atoms with Gasteiger partial charge in [0.15, 0.2) is 5.76 Å². The van der Waals surface area contributed by atoms with E-state index in [9.17, 15) is 18.0 Å². The molecule has 8 heteroatoms. The summed E-state index contributed by atoms with van der Waals surface area (Å²) in [4.78, 5) is 13.0. The molecule has 1 aromatic heterocycles. The Morgan fingerprint density at radius 3 is 2.39 bits per heavy atom. The number of rotatable bonds is 4. The Bertz CT molecular complexity index is 1210. The third-order valence-corrected chi connectivity index (χ3v) is 5.57. The van der Waals surface area contributed by atoms with E-state index < -0.39 is 17.6 Å². The smallest absolute Gasteiger partial charge is 0.418 e. The van der Waals surface area contributed by atoms with Crippen molar-refractivity contribution in [1.29, 1.82) is 0 Å². The Morgan fingerprint density at radius 2 is 1.70 bits per heavy atom. The van der Waals surface area contributed by atoms with Crippen molar-refractivity contribution in [3.8, 4) is 0 Å². The van der Waals surface area contributed by atoms with Crippen LogP contribution in [0.3, 0.4) is 0 Å². The van der Waals surface area contributed by atoms with Crippen LogP contribution < -0.4 is 10.7 Å². The maximum Gasteiger partial charge on any atom is 0.418 e. The molecule has 1 amide bonds. The lowest BCUT2D eigenvalue weighted by atomic mass is 9.75. The summed E-state index contributed by atoms with van der Waals surface area (Å²) in [5.74, 6) is -0.138. The van der Waals surface area contributed by atoms with Gasteiger partial charge in [0.25, 0.3) is 5.91 Å². The number of hydrogen-bond donors (Lipinski definition) is 2. The topological polar surface area (TPSA) is 66.6 Å². The predicted molar refractivity (Wildman–Crippen MR) is 122 cm³/mol. The number of alkyl halides is 3.